The number of fused-ring (bicyclic) bond motifs is 2. The van der Waals surface area contributed by atoms with Crippen molar-refractivity contribution < 1.29 is 14.3 Å². The number of nitrogens with one attached hydrogen (secondary N) is 1. The Morgan fingerprint density at radius 3 is 2.12 bits per heavy atom. The van der Waals surface area contributed by atoms with Crippen molar-refractivity contribution >= 4 is 19.8 Å². The molecule has 1 aromatic carbocycles. The third-order valence-corrected chi connectivity index (χ3v) is 7.97. The molecular formula is C20H27NO3Si. The van der Waals surface area contributed by atoms with Crippen LogP contribution in [0, 0.1) is 0 Å². The predicted molar refractivity (Wildman–Crippen MR) is 101 cm³/mol. The first-order valence-electron chi connectivity index (χ1n) is 8.73. The molecule has 25 heavy (non-hydrogen) atoms. The molecule has 0 radical (unpaired) electrons. The summed E-state index contributed by atoms with van der Waals surface area (Å²) in [7, 11) is -1.94. The van der Waals surface area contributed by atoms with E-state index in [9.17, 15) is 9.59 Å². The van der Waals surface area contributed by atoms with Crippen molar-refractivity contribution in [3.8, 4) is 0 Å². The Bertz CT molecular complexity index is 791. The predicted octanol–water partition coefficient (Wildman–Crippen LogP) is 3.50. The smallest absolute Gasteiger partial charge is 0.331 e. The fraction of sp³-hybridized carbons (Fsp3) is 0.500. The zero-order valence-electron chi connectivity index (χ0n) is 16.1. The third kappa shape index (κ3) is 2.36. The molecule has 1 fully saturated rings. The number of cyclic esters (lactones) is 1. The van der Waals surface area contributed by atoms with Gasteiger partial charge in [-0.05, 0) is 32.9 Å². The van der Waals surface area contributed by atoms with Crippen molar-refractivity contribution in [2.24, 2.45) is 0 Å². The molecule has 1 aromatic rings. The lowest BCUT2D eigenvalue weighted by molar-refractivity contribution is -0.178. The van der Waals surface area contributed by atoms with E-state index in [2.05, 4.69) is 31.9 Å². The molecule has 1 saturated heterocycles. The monoisotopic (exact) mass is 357 g/mol. The SMILES string of the molecule is CC12NC(C)(C([Si](C)(C)C)=C1C(=O)c1ccccc1)C(C)(C)OC2=O. The van der Waals surface area contributed by atoms with E-state index < -0.39 is 24.8 Å². The Labute approximate surface area is 150 Å². The Morgan fingerprint density at radius 2 is 1.60 bits per heavy atom. The summed E-state index contributed by atoms with van der Waals surface area (Å²) in [6, 6.07) is 9.20. The van der Waals surface area contributed by atoms with Gasteiger partial charge in [0.15, 0.2) is 5.78 Å². The molecule has 2 atom stereocenters. The van der Waals surface area contributed by atoms with Crippen LogP contribution in [0.2, 0.25) is 19.6 Å². The third-order valence-electron chi connectivity index (χ3n) is 5.72. The molecule has 0 spiro atoms. The lowest BCUT2D eigenvalue weighted by Crippen LogP contribution is -2.71. The molecule has 2 unspecified atom stereocenters. The van der Waals surface area contributed by atoms with E-state index in [0.29, 0.717) is 11.1 Å². The highest BCUT2D eigenvalue weighted by atomic mass is 28.3. The van der Waals surface area contributed by atoms with Gasteiger partial charge in [-0.1, -0.05) is 50.0 Å². The maximum absolute atomic E-state index is 13.5. The second kappa shape index (κ2) is 5.14. The first-order chi connectivity index (χ1) is 11.3. The van der Waals surface area contributed by atoms with Gasteiger partial charge in [-0.3, -0.25) is 10.1 Å². The van der Waals surface area contributed by atoms with Crippen molar-refractivity contribution in [1.29, 1.82) is 0 Å². The van der Waals surface area contributed by atoms with E-state index >= 15 is 0 Å². The Morgan fingerprint density at radius 1 is 1.04 bits per heavy atom. The van der Waals surface area contributed by atoms with Gasteiger partial charge in [-0.15, -0.1) is 0 Å². The zero-order valence-corrected chi connectivity index (χ0v) is 17.1. The molecule has 5 heteroatoms. The number of esters is 1. The van der Waals surface area contributed by atoms with Crippen molar-refractivity contribution in [1.82, 2.24) is 5.32 Å². The van der Waals surface area contributed by atoms with Gasteiger partial charge in [-0.25, -0.2) is 4.79 Å². The lowest BCUT2D eigenvalue weighted by atomic mass is 9.83. The number of ether oxygens (including phenoxy) is 1. The molecule has 3 rings (SSSR count). The number of rotatable bonds is 3. The van der Waals surface area contributed by atoms with Crippen LogP contribution in [0.4, 0.5) is 0 Å². The molecule has 0 amide bonds. The number of morpholine rings is 1. The molecule has 2 bridgehead atoms. The summed E-state index contributed by atoms with van der Waals surface area (Å²) in [5.41, 5.74) is -1.18. The Balaban J connectivity index is 2.34. The van der Waals surface area contributed by atoms with E-state index in [4.69, 9.17) is 4.74 Å². The molecule has 1 N–H and O–H groups in total. The molecule has 2 aliphatic heterocycles. The molecular weight excluding hydrogens is 330 g/mol. The van der Waals surface area contributed by atoms with Gasteiger partial charge in [-0.2, -0.15) is 0 Å². The quantitative estimate of drug-likeness (QED) is 0.511. The summed E-state index contributed by atoms with van der Waals surface area (Å²) in [6.45, 7) is 14.4. The zero-order chi connectivity index (χ0) is 18.8. The summed E-state index contributed by atoms with van der Waals surface area (Å²) in [5, 5.41) is 4.60. The average Bonchev–Trinajstić information content (AvgIpc) is 2.74. The number of hydrogen-bond acceptors (Lipinski definition) is 4. The normalized spacial score (nSPS) is 31.1. The molecule has 0 saturated carbocycles. The Hall–Kier alpha value is -1.72. The fourth-order valence-electron chi connectivity index (χ4n) is 4.36. The van der Waals surface area contributed by atoms with E-state index in [1.807, 2.05) is 44.2 Å². The number of benzene rings is 1. The Kier molecular flexibility index (Phi) is 3.72. The van der Waals surface area contributed by atoms with E-state index in [-0.39, 0.29) is 11.8 Å². The fourth-order valence-corrected chi connectivity index (χ4v) is 7.34. The lowest BCUT2D eigenvalue weighted by Gasteiger charge is -2.50. The number of carbonyl (C=O) groups is 2. The maximum Gasteiger partial charge on any atom is 0.331 e. The van der Waals surface area contributed by atoms with Crippen molar-refractivity contribution in [3.63, 3.8) is 0 Å². The highest BCUT2D eigenvalue weighted by molar-refractivity contribution is 6.84. The number of carbonyl (C=O) groups excluding carboxylic acids is 2. The van der Waals surface area contributed by atoms with Crippen LogP contribution in [0.1, 0.15) is 38.1 Å². The van der Waals surface area contributed by atoms with E-state index in [1.54, 1.807) is 6.92 Å². The van der Waals surface area contributed by atoms with Crippen LogP contribution in [0.15, 0.2) is 41.1 Å². The van der Waals surface area contributed by atoms with Gasteiger partial charge in [0.25, 0.3) is 0 Å². The number of hydrogen-bond donors (Lipinski definition) is 1. The van der Waals surface area contributed by atoms with Crippen LogP contribution in [0.3, 0.4) is 0 Å². The van der Waals surface area contributed by atoms with Crippen molar-refractivity contribution in [3.05, 3.63) is 46.7 Å². The number of ketones is 1. The molecule has 134 valence electrons. The maximum atomic E-state index is 13.5. The molecule has 2 heterocycles. The van der Waals surface area contributed by atoms with Crippen molar-refractivity contribution in [2.45, 2.75) is 64.0 Å². The van der Waals surface area contributed by atoms with Crippen molar-refractivity contribution in [2.75, 3.05) is 0 Å². The second-order valence-corrected chi connectivity index (χ2v) is 14.0. The summed E-state index contributed by atoms with van der Waals surface area (Å²) in [5.74, 6) is -0.450. The first kappa shape index (κ1) is 18.1. The summed E-state index contributed by atoms with van der Waals surface area (Å²) >= 11 is 0. The van der Waals surface area contributed by atoms with Crippen LogP contribution < -0.4 is 5.32 Å². The van der Waals surface area contributed by atoms with Crippen LogP contribution in [-0.2, 0) is 9.53 Å². The highest BCUT2D eigenvalue weighted by Crippen LogP contribution is 2.52. The van der Waals surface area contributed by atoms with Gasteiger partial charge in [0.05, 0.1) is 13.6 Å². The van der Waals surface area contributed by atoms with Gasteiger partial charge >= 0.3 is 5.97 Å². The summed E-state index contributed by atoms with van der Waals surface area (Å²) in [6.07, 6.45) is 0. The average molecular weight is 358 g/mol. The molecule has 0 aromatic heterocycles. The minimum atomic E-state index is -1.94. The van der Waals surface area contributed by atoms with E-state index in [1.165, 1.54) is 0 Å². The summed E-state index contributed by atoms with van der Waals surface area (Å²) < 4.78 is 5.84. The standard InChI is InChI=1S/C20H27NO3Si/c1-18(2)20(4)16(25(5,6)7)14(19(3,21-20)17(23)24-18)15(22)13-11-9-8-10-12-13/h8-12,21H,1-7H3. The number of Topliss-reactive ketones (excluding diaryl/α,β-unsaturated/α-hetero) is 1. The van der Waals surface area contributed by atoms with Crippen LogP contribution in [-0.4, -0.2) is 36.5 Å². The van der Waals surface area contributed by atoms with Crippen LogP contribution >= 0.6 is 0 Å². The van der Waals surface area contributed by atoms with Crippen LogP contribution in [0.5, 0.6) is 0 Å². The van der Waals surface area contributed by atoms with Gasteiger partial charge < -0.3 is 4.74 Å². The van der Waals surface area contributed by atoms with Gasteiger partial charge in [0.1, 0.15) is 11.1 Å². The molecule has 2 aliphatic rings. The second-order valence-electron chi connectivity index (χ2n) is 8.97. The van der Waals surface area contributed by atoms with E-state index in [0.717, 1.165) is 5.20 Å². The largest absolute Gasteiger partial charge is 0.456 e. The molecule has 0 aliphatic carbocycles. The molecule has 4 nitrogen and oxygen atoms in total. The summed E-state index contributed by atoms with van der Waals surface area (Å²) in [4.78, 5) is 26.4. The highest BCUT2D eigenvalue weighted by Gasteiger charge is 2.67. The first-order valence-corrected chi connectivity index (χ1v) is 12.2. The van der Waals surface area contributed by atoms with Gasteiger partial charge in [0.2, 0.25) is 0 Å². The van der Waals surface area contributed by atoms with Crippen LogP contribution in [0.25, 0.3) is 0 Å². The minimum Gasteiger partial charge on any atom is -0.456 e. The van der Waals surface area contributed by atoms with Gasteiger partial charge in [0, 0.05) is 11.1 Å². The minimum absolute atomic E-state index is 0.0774. The topological polar surface area (TPSA) is 55.4 Å².